The van der Waals surface area contributed by atoms with Gasteiger partial charge in [-0.1, -0.05) is 18.2 Å². The van der Waals surface area contributed by atoms with E-state index >= 15 is 0 Å². The Balaban J connectivity index is 1.62. The van der Waals surface area contributed by atoms with Crippen LogP contribution in [0.4, 0.5) is 0 Å². The van der Waals surface area contributed by atoms with Crippen LogP contribution in [0.25, 0.3) is 21.3 Å². The van der Waals surface area contributed by atoms with Crippen LogP contribution >= 0.6 is 11.3 Å². The molecule has 1 atom stereocenters. The molecular formula is C18H14N2O2S. The molecule has 5 heteroatoms. The number of amides is 1. The SMILES string of the molecule is O=C1c2ccc3ccc(-c4nccs4)cc3c2CN1CC1CO1. The molecule has 1 amide bonds. The van der Waals surface area contributed by atoms with E-state index in [4.69, 9.17) is 4.74 Å². The van der Waals surface area contributed by atoms with E-state index < -0.39 is 0 Å². The van der Waals surface area contributed by atoms with Crippen LogP contribution in [-0.2, 0) is 11.3 Å². The third-order valence-corrected chi connectivity index (χ3v) is 5.33. The van der Waals surface area contributed by atoms with Gasteiger partial charge in [-0.15, -0.1) is 11.3 Å². The van der Waals surface area contributed by atoms with Gasteiger partial charge in [0.2, 0.25) is 0 Å². The van der Waals surface area contributed by atoms with Gasteiger partial charge in [-0.25, -0.2) is 4.98 Å². The fourth-order valence-corrected chi connectivity index (χ4v) is 3.89. The summed E-state index contributed by atoms with van der Waals surface area (Å²) in [5.74, 6) is 0.122. The summed E-state index contributed by atoms with van der Waals surface area (Å²) in [6, 6.07) is 10.4. The Kier molecular flexibility index (Phi) is 2.80. The second kappa shape index (κ2) is 4.88. The first-order chi connectivity index (χ1) is 11.3. The van der Waals surface area contributed by atoms with E-state index in [0.717, 1.165) is 33.7 Å². The maximum Gasteiger partial charge on any atom is 0.254 e. The van der Waals surface area contributed by atoms with E-state index in [1.54, 1.807) is 11.3 Å². The first-order valence-corrected chi connectivity index (χ1v) is 8.54. The monoisotopic (exact) mass is 322 g/mol. The van der Waals surface area contributed by atoms with Crippen LogP contribution in [0.3, 0.4) is 0 Å². The molecule has 0 saturated carbocycles. The second-order valence-electron chi connectivity index (χ2n) is 6.01. The molecule has 0 aliphatic carbocycles. The quantitative estimate of drug-likeness (QED) is 0.695. The Morgan fingerprint density at radius 1 is 1.30 bits per heavy atom. The number of hydrogen-bond acceptors (Lipinski definition) is 4. The standard InChI is InChI=1S/C18H14N2O2S/c21-18-14-4-3-11-1-2-12(17-19-5-6-23-17)7-15(11)16(14)9-20(18)8-13-10-22-13/h1-7,13H,8-10H2. The van der Waals surface area contributed by atoms with Crippen LogP contribution in [0.5, 0.6) is 0 Å². The molecule has 114 valence electrons. The number of epoxide rings is 1. The number of aromatic nitrogens is 1. The minimum absolute atomic E-state index is 0.122. The molecular weight excluding hydrogens is 308 g/mol. The summed E-state index contributed by atoms with van der Waals surface area (Å²) >= 11 is 1.63. The van der Waals surface area contributed by atoms with Crippen molar-refractivity contribution in [1.29, 1.82) is 0 Å². The van der Waals surface area contributed by atoms with Gasteiger partial charge in [0, 0.05) is 35.8 Å². The first kappa shape index (κ1) is 13.2. The highest BCUT2D eigenvalue weighted by Crippen LogP contribution is 2.34. The average Bonchev–Trinajstić information content (AvgIpc) is 3.10. The Morgan fingerprint density at radius 3 is 2.96 bits per heavy atom. The molecule has 4 nitrogen and oxygen atoms in total. The maximum absolute atomic E-state index is 12.6. The number of ether oxygens (including phenoxy) is 1. The fraction of sp³-hybridized carbons (Fsp3) is 0.222. The number of nitrogens with zero attached hydrogens (tertiary/aromatic N) is 2. The molecule has 2 aliphatic rings. The number of thiazole rings is 1. The van der Waals surface area contributed by atoms with Crippen LogP contribution in [0, 0.1) is 0 Å². The fourth-order valence-electron chi connectivity index (χ4n) is 3.25. The largest absolute Gasteiger partial charge is 0.371 e. The summed E-state index contributed by atoms with van der Waals surface area (Å²) in [6.07, 6.45) is 2.05. The Labute approximate surface area is 137 Å². The number of rotatable bonds is 3. The molecule has 2 aromatic carbocycles. The number of benzene rings is 2. The van der Waals surface area contributed by atoms with Gasteiger partial charge in [0.1, 0.15) is 5.01 Å². The number of carbonyl (C=O) groups is 1. The molecule has 1 unspecified atom stereocenters. The van der Waals surface area contributed by atoms with Crippen LogP contribution in [0.1, 0.15) is 15.9 Å². The highest BCUT2D eigenvalue weighted by molar-refractivity contribution is 7.13. The van der Waals surface area contributed by atoms with Gasteiger partial charge in [-0.05, 0) is 28.5 Å². The lowest BCUT2D eigenvalue weighted by Crippen LogP contribution is -2.28. The normalized spacial score (nSPS) is 19.4. The van der Waals surface area contributed by atoms with Gasteiger partial charge in [-0.2, -0.15) is 0 Å². The van der Waals surface area contributed by atoms with Gasteiger partial charge in [0.15, 0.2) is 0 Å². The van der Waals surface area contributed by atoms with Crippen molar-refractivity contribution in [1.82, 2.24) is 9.88 Å². The molecule has 2 aliphatic heterocycles. The van der Waals surface area contributed by atoms with Crippen LogP contribution in [-0.4, -0.2) is 35.0 Å². The Hall–Kier alpha value is -2.24. The van der Waals surface area contributed by atoms with Crippen molar-refractivity contribution in [2.24, 2.45) is 0 Å². The molecule has 5 rings (SSSR count). The minimum atomic E-state index is 0.122. The predicted octanol–water partition coefficient (Wildman–Crippen LogP) is 3.32. The molecule has 0 N–H and O–H groups in total. The number of hydrogen-bond donors (Lipinski definition) is 0. The van der Waals surface area contributed by atoms with Crippen LogP contribution in [0.2, 0.25) is 0 Å². The van der Waals surface area contributed by atoms with Gasteiger partial charge < -0.3 is 9.64 Å². The van der Waals surface area contributed by atoms with Gasteiger partial charge in [-0.3, -0.25) is 4.79 Å². The summed E-state index contributed by atoms with van der Waals surface area (Å²) < 4.78 is 5.27. The summed E-state index contributed by atoms with van der Waals surface area (Å²) in [4.78, 5) is 18.9. The molecule has 0 radical (unpaired) electrons. The highest BCUT2D eigenvalue weighted by atomic mass is 32.1. The van der Waals surface area contributed by atoms with Crippen LogP contribution < -0.4 is 0 Å². The predicted molar refractivity (Wildman–Crippen MR) is 89.5 cm³/mol. The van der Waals surface area contributed by atoms with Crippen molar-refractivity contribution in [2.75, 3.05) is 13.2 Å². The molecule has 1 saturated heterocycles. The van der Waals surface area contributed by atoms with Crippen molar-refractivity contribution < 1.29 is 9.53 Å². The summed E-state index contributed by atoms with van der Waals surface area (Å²) in [7, 11) is 0. The lowest BCUT2D eigenvalue weighted by Gasteiger charge is -2.13. The molecule has 23 heavy (non-hydrogen) atoms. The van der Waals surface area contributed by atoms with Crippen molar-refractivity contribution in [3.63, 3.8) is 0 Å². The van der Waals surface area contributed by atoms with Crippen molar-refractivity contribution in [3.05, 3.63) is 53.0 Å². The third-order valence-electron chi connectivity index (χ3n) is 4.51. The summed E-state index contributed by atoms with van der Waals surface area (Å²) in [5, 5.41) is 5.32. The van der Waals surface area contributed by atoms with Crippen molar-refractivity contribution in [3.8, 4) is 10.6 Å². The van der Waals surface area contributed by atoms with E-state index in [0.29, 0.717) is 13.1 Å². The van der Waals surface area contributed by atoms with Crippen molar-refractivity contribution >= 4 is 28.0 Å². The molecule has 0 bridgehead atoms. The lowest BCUT2D eigenvalue weighted by atomic mass is 9.99. The lowest BCUT2D eigenvalue weighted by molar-refractivity contribution is 0.0766. The smallest absolute Gasteiger partial charge is 0.254 e. The Morgan fingerprint density at radius 2 is 2.17 bits per heavy atom. The number of fused-ring (bicyclic) bond motifs is 3. The zero-order chi connectivity index (χ0) is 15.4. The summed E-state index contributed by atoms with van der Waals surface area (Å²) in [5.41, 5.74) is 3.07. The second-order valence-corrected chi connectivity index (χ2v) is 6.90. The average molecular weight is 322 g/mol. The van der Waals surface area contributed by atoms with E-state index in [1.165, 1.54) is 5.39 Å². The highest BCUT2D eigenvalue weighted by Gasteiger charge is 2.34. The zero-order valence-electron chi connectivity index (χ0n) is 12.4. The minimum Gasteiger partial charge on any atom is -0.371 e. The number of carbonyl (C=O) groups excluding carboxylic acids is 1. The van der Waals surface area contributed by atoms with E-state index in [1.807, 2.05) is 28.6 Å². The molecule has 0 spiro atoms. The molecule has 1 fully saturated rings. The van der Waals surface area contributed by atoms with E-state index in [2.05, 4.69) is 23.2 Å². The summed E-state index contributed by atoms with van der Waals surface area (Å²) in [6.45, 7) is 2.14. The van der Waals surface area contributed by atoms with E-state index in [9.17, 15) is 4.79 Å². The van der Waals surface area contributed by atoms with Gasteiger partial charge >= 0.3 is 0 Å². The Bertz CT molecular complexity index is 916. The third kappa shape index (κ3) is 2.16. The topological polar surface area (TPSA) is 45.7 Å². The zero-order valence-corrected chi connectivity index (χ0v) is 13.2. The maximum atomic E-state index is 12.6. The van der Waals surface area contributed by atoms with Gasteiger partial charge in [0.05, 0.1) is 12.7 Å². The molecule has 3 heterocycles. The first-order valence-electron chi connectivity index (χ1n) is 7.66. The molecule has 3 aromatic rings. The van der Waals surface area contributed by atoms with Gasteiger partial charge in [0.25, 0.3) is 5.91 Å². The van der Waals surface area contributed by atoms with E-state index in [-0.39, 0.29) is 12.0 Å². The van der Waals surface area contributed by atoms with Crippen LogP contribution in [0.15, 0.2) is 41.9 Å². The van der Waals surface area contributed by atoms with Crippen molar-refractivity contribution in [2.45, 2.75) is 12.6 Å². The molecule has 1 aromatic heterocycles.